The molecule has 14 heavy (non-hydrogen) atoms. The molecule has 0 radical (unpaired) electrons. The van der Waals surface area contributed by atoms with Crippen LogP contribution in [-0.2, 0) is 11.3 Å². The maximum absolute atomic E-state index is 8.89. The second kappa shape index (κ2) is 7.12. The third-order valence-corrected chi connectivity index (χ3v) is 1.73. The molecule has 0 spiro atoms. The van der Waals surface area contributed by atoms with Crippen LogP contribution in [0.4, 0.5) is 0 Å². The van der Waals surface area contributed by atoms with Crippen LogP contribution in [0.15, 0.2) is 12.4 Å². The Morgan fingerprint density at radius 3 is 2.57 bits per heavy atom. The number of aromatic nitrogens is 2. The van der Waals surface area contributed by atoms with Crippen molar-refractivity contribution in [2.75, 3.05) is 0 Å². The fraction of sp³-hybridized carbons (Fsp3) is 0.600. The number of aryl methyl sites for hydroxylation is 2. The van der Waals surface area contributed by atoms with E-state index in [0.29, 0.717) is 0 Å². The summed E-state index contributed by atoms with van der Waals surface area (Å²) in [6, 6.07) is 0. The molecule has 1 aromatic rings. The SMILES string of the molecule is CC(=O)[O-].CCCC[n+]1cc[nH]c1C. The Bertz CT molecular complexity index is 265. The first-order valence-corrected chi connectivity index (χ1v) is 4.79. The van der Waals surface area contributed by atoms with Gasteiger partial charge in [0.2, 0.25) is 0 Å². The van der Waals surface area contributed by atoms with Gasteiger partial charge in [-0.1, -0.05) is 13.3 Å². The highest BCUT2D eigenvalue weighted by molar-refractivity contribution is 5.60. The van der Waals surface area contributed by atoms with Gasteiger partial charge in [-0.15, -0.1) is 0 Å². The van der Waals surface area contributed by atoms with E-state index in [4.69, 9.17) is 9.90 Å². The van der Waals surface area contributed by atoms with E-state index in [-0.39, 0.29) is 0 Å². The lowest BCUT2D eigenvalue weighted by atomic mass is 10.3. The Labute approximate surface area is 84.6 Å². The number of carboxylic acids is 1. The van der Waals surface area contributed by atoms with Crippen molar-refractivity contribution in [2.45, 2.75) is 40.2 Å². The second-order valence-electron chi connectivity index (χ2n) is 3.08. The number of carbonyl (C=O) groups is 1. The minimum atomic E-state index is -1.08. The van der Waals surface area contributed by atoms with E-state index < -0.39 is 5.97 Å². The molecule has 0 aliphatic carbocycles. The molecule has 0 saturated heterocycles. The Morgan fingerprint density at radius 2 is 2.21 bits per heavy atom. The van der Waals surface area contributed by atoms with Crippen LogP contribution < -0.4 is 9.67 Å². The molecule has 1 aromatic heterocycles. The molecule has 0 bridgehead atoms. The molecule has 0 amide bonds. The van der Waals surface area contributed by atoms with Gasteiger partial charge in [0.05, 0.1) is 6.54 Å². The van der Waals surface area contributed by atoms with Crippen LogP contribution >= 0.6 is 0 Å². The summed E-state index contributed by atoms with van der Waals surface area (Å²) >= 11 is 0. The van der Waals surface area contributed by atoms with Crippen LogP contribution in [0.2, 0.25) is 0 Å². The Hall–Kier alpha value is -1.32. The molecule has 4 heteroatoms. The zero-order valence-electron chi connectivity index (χ0n) is 9.04. The molecule has 0 atom stereocenters. The molecular weight excluding hydrogens is 180 g/mol. The van der Waals surface area contributed by atoms with Gasteiger partial charge in [-0.3, -0.25) is 0 Å². The van der Waals surface area contributed by atoms with Gasteiger partial charge in [0, 0.05) is 12.9 Å². The van der Waals surface area contributed by atoms with Gasteiger partial charge in [-0.25, -0.2) is 9.55 Å². The molecule has 4 nitrogen and oxygen atoms in total. The quantitative estimate of drug-likeness (QED) is 0.704. The highest BCUT2D eigenvalue weighted by Gasteiger charge is 2.01. The predicted octanol–water partition coefficient (Wildman–Crippen LogP) is 0.167. The fourth-order valence-corrected chi connectivity index (χ4v) is 1.01. The Morgan fingerprint density at radius 1 is 1.64 bits per heavy atom. The first-order valence-electron chi connectivity index (χ1n) is 4.79. The van der Waals surface area contributed by atoms with Gasteiger partial charge >= 0.3 is 0 Å². The molecule has 0 aromatic carbocycles. The van der Waals surface area contributed by atoms with E-state index in [1.807, 2.05) is 6.20 Å². The minimum Gasteiger partial charge on any atom is -0.550 e. The zero-order chi connectivity index (χ0) is 11.0. The highest BCUT2D eigenvalue weighted by Crippen LogP contribution is 1.88. The summed E-state index contributed by atoms with van der Waals surface area (Å²) in [7, 11) is 0. The molecule has 0 unspecified atom stereocenters. The van der Waals surface area contributed by atoms with Gasteiger partial charge in [-0.05, 0) is 13.3 Å². The van der Waals surface area contributed by atoms with Crippen molar-refractivity contribution < 1.29 is 14.5 Å². The average molecular weight is 198 g/mol. The van der Waals surface area contributed by atoms with Gasteiger partial charge in [0.15, 0.2) is 0 Å². The highest BCUT2D eigenvalue weighted by atomic mass is 16.4. The first kappa shape index (κ1) is 12.7. The predicted molar refractivity (Wildman–Crippen MR) is 51.3 cm³/mol. The zero-order valence-corrected chi connectivity index (χ0v) is 9.04. The van der Waals surface area contributed by atoms with Gasteiger partial charge < -0.3 is 9.90 Å². The van der Waals surface area contributed by atoms with Crippen molar-refractivity contribution in [2.24, 2.45) is 0 Å². The second-order valence-corrected chi connectivity index (χ2v) is 3.08. The summed E-state index contributed by atoms with van der Waals surface area (Å²) in [5.74, 6) is 0.161. The number of nitrogens with one attached hydrogen (secondary N) is 1. The fourth-order valence-electron chi connectivity index (χ4n) is 1.01. The number of H-pyrrole nitrogens is 1. The van der Waals surface area contributed by atoms with Crippen molar-refractivity contribution in [3.05, 3.63) is 18.2 Å². The van der Waals surface area contributed by atoms with E-state index in [1.54, 1.807) is 0 Å². The van der Waals surface area contributed by atoms with Crippen LogP contribution in [0.3, 0.4) is 0 Å². The lowest BCUT2D eigenvalue weighted by Crippen LogP contribution is -2.34. The lowest BCUT2D eigenvalue weighted by molar-refractivity contribution is -0.701. The van der Waals surface area contributed by atoms with Crippen molar-refractivity contribution in [3.63, 3.8) is 0 Å². The van der Waals surface area contributed by atoms with Crippen LogP contribution in [0.25, 0.3) is 0 Å². The van der Waals surface area contributed by atoms with Crippen molar-refractivity contribution in [1.82, 2.24) is 4.98 Å². The average Bonchev–Trinajstić information content (AvgIpc) is 2.47. The van der Waals surface area contributed by atoms with E-state index in [0.717, 1.165) is 13.5 Å². The minimum absolute atomic E-state index is 0.972. The number of hydrogen-bond acceptors (Lipinski definition) is 2. The maximum atomic E-state index is 8.89. The van der Waals surface area contributed by atoms with E-state index >= 15 is 0 Å². The van der Waals surface area contributed by atoms with Gasteiger partial charge in [0.1, 0.15) is 12.4 Å². The van der Waals surface area contributed by atoms with Crippen LogP contribution in [0.1, 0.15) is 32.5 Å². The summed E-state index contributed by atoms with van der Waals surface area (Å²) in [5.41, 5.74) is 0. The number of imidazole rings is 1. The van der Waals surface area contributed by atoms with Gasteiger partial charge in [0.25, 0.3) is 5.82 Å². The molecule has 0 aliphatic rings. The standard InChI is InChI=1S/C8H14N2.C2H4O2/c1-3-4-6-10-7-5-9-8(10)2;1-2(3)4/h5,7H,3-4,6H2,1-2H3;1H3,(H,3,4). The molecule has 1 heterocycles. The van der Waals surface area contributed by atoms with Gasteiger partial charge in [-0.2, -0.15) is 0 Å². The topological polar surface area (TPSA) is 59.8 Å². The third kappa shape index (κ3) is 6.22. The van der Waals surface area contributed by atoms with Crippen LogP contribution in [-0.4, -0.2) is 11.0 Å². The molecule has 1 rings (SSSR count). The van der Waals surface area contributed by atoms with Crippen LogP contribution in [0, 0.1) is 6.92 Å². The smallest absolute Gasteiger partial charge is 0.251 e. The number of nitrogens with zero attached hydrogens (tertiary/aromatic N) is 1. The lowest BCUT2D eigenvalue weighted by Gasteiger charge is -1.93. The Balaban J connectivity index is 0.000000364. The van der Waals surface area contributed by atoms with Crippen molar-refractivity contribution >= 4 is 5.97 Å². The first-order chi connectivity index (χ1) is 6.57. The number of unbranched alkanes of at least 4 members (excludes halogenated alkanes) is 1. The largest absolute Gasteiger partial charge is 0.550 e. The van der Waals surface area contributed by atoms with E-state index in [1.165, 1.54) is 18.7 Å². The summed E-state index contributed by atoms with van der Waals surface area (Å²) < 4.78 is 2.24. The number of carbonyl (C=O) groups excluding carboxylic acids is 1. The summed E-state index contributed by atoms with van der Waals surface area (Å²) in [6.07, 6.45) is 6.59. The number of aromatic amines is 1. The molecular formula is C10H18N2O2. The molecule has 1 N–H and O–H groups in total. The van der Waals surface area contributed by atoms with E-state index in [2.05, 4.69) is 29.6 Å². The molecule has 0 saturated carbocycles. The Kier molecular flexibility index (Phi) is 6.45. The number of carboxylic acid groups (broad SMARTS) is 1. The van der Waals surface area contributed by atoms with Crippen LogP contribution in [0.5, 0.6) is 0 Å². The van der Waals surface area contributed by atoms with E-state index in [9.17, 15) is 0 Å². The third-order valence-electron chi connectivity index (χ3n) is 1.73. The van der Waals surface area contributed by atoms with Crippen molar-refractivity contribution in [3.8, 4) is 0 Å². The molecule has 0 aliphatic heterocycles. The number of hydrogen-bond donors (Lipinski definition) is 1. The summed E-state index contributed by atoms with van der Waals surface area (Å²) in [5, 5.41) is 8.89. The monoisotopic (exact) mass is 198 g/mol. The summed E-state index contributed by atoms with van der Waals surface area (Å²) in [6.45, 7) is 6.42. The van der Waals surface area contributed by atoms with Crippen molar-refractivity contribution in [1.29, 1.82) is 0 Å². The normalized spacial score (nSPS) is 9.07. The molecule has 80 valence electrons. The number of aliphatic carboxylic acids is 1. The number of rotatable bonds is 3. The summed E-state index contributed by atoms with van der Waals surface area (Å²) in [4.78, 5) is 12.0. The molecule has 0 fully saturated rings. The maximum Gasteiger partial charge on any atom is 0.251 e.